The third-order valence-corrected chi connectivity index (χ3v) is 1.54. The predicted molar refractivity (Wildman–Crippen MR) is 52.9 cm³/mol. The number of β-amino-alcohol motifs (C(OH)–C–C–N with tert-alkyl or cyclic N) is 1. The maximum absolute atomic E-state index is 10.8. The van der Waals surface area contributed by atoms with Gasteiger partial charge in [0, 0.05) is 42.8 Å². The van der Waals surface area contributed by atoms with Crippen LogP contribution in [0.1, 0.15) is 12.8 Å². The Morgan fingerprint density at radius 2 is 2.08 bits per heavy atom. The van der Waals surface area contributed by atoms with Crippen molar-refractivity contribution < 1.29 is 14.1 Å². The summed E-state index contributed by atoms with van der Waals surface area (Å²) < 4.78 is 9.56. The van der Waals surface area contributed by atoms with Crippen molar-refractivity contribution in [2.24, 2.45) is 0 Å². The summed E-state index contributed by atoms with van der Waals surface area (Å²) in [5.74, 6) is 0.184. The van der Waals surface area contributed by atoms with E-state index in [4.69, 9.17) is 5.11 Å². The topological polar surface area (TPSA) is 57.6 Å². The first-order chi connectivity index (χ1) is 6.07. The first-order valence-electron chi connectivity index (χ1n) is 4.21. The number of hydrogen-bond donors (Lipinski definition) is 1. The monoisotopic (exact) mass is 207 g/mol. The molecule has 1 aliphatic rings. The molecule has 78 valence electrons. The molecule has 1 rings (SSSR count). The van der Waals surface area contributed by atoms with Crippen molar-refractivity contribution in [2.45, 2.75) is 12.8 Å². The van der Waals surface area contributed by atoms with Gasteiger partial charge >= 0.3 is 0 Å². The van der Waals surface area contributed by atoms with Crippen LogP contribution in [0.3, 0.4) is 0 Å². The van der Waals surface area contributed by atoms with Gasteiger partial charge in [-0.3, -0.25) is 9.00 Å². The van der Waals surface area contributed by atoms with Gasteiger partial charge in [-0.25, -0.2) is 0 Å². The van der Waals surface area contributed by atoms with Crippen LogP contribution in [-0.2, 0) is 15.6 Å². The van der Waals surface area contributed by atoms with E-state index < -0.39 is 10.8 Å². The Labute approximate surface area is 81.4 Å². The number of carbonyl (C=O) groups excluding carboxylic acids is 1. The zero-order chi connectivity index (χ0) is 10.3. The number of likely N-dealkylation sites (tertiary alicyclic amines) is 1. The van der Waals surface area contributed by atoms with Gasteiger partial charge in [0.15, 0.2) is 0 Å². The predicted octanol–water partition coefficient (Wildman–Crippen LogP) is -0.404. The van der Waals surface area contributed by atoms with Crippen molar-refractivity contribution in [3.05, 3.63) is 0 Å². The molecule has 0 atom stereocenters. The SMILES string of the molecule is CS(C)=O.O=C1CCCN1CCO. The lowest BCUT2D eigenvalue weighted by molar-refractivity contribution is -0.128. The first-order valence-corrected chi connectivity index (χ1v) is 6.18. The highest BCUT2D eigenvalue weighted by Crippen LogP contribution is 2.07. The number of carbonyl (C=O) groups is 1. The van der Waals surface area contributed by atoms with Gasteiger partial charge in [0.25, 0.3) is 0 Å². The molecule has 0 spiro atoms. The molecule has 0 aliphatic carbocycles. The molecule has 0 aromatic carbocycles. The second-order valence-electron chi connectivity index (χ2n) is 2.95. The average Bonchev–Trinajstić information content (AvgIpc) is 2.36. The minimum atomic E-state index is -0.611. The van der Waals surface area contributed by atoms with E-state index in [9.17, 15) is 9.00 Å². The van der Waals surface area contributed by atoms with Crippen LogP contribution in [0.5, 0.6) is 0 Å². The molecule has 0 saturated carbocycles. The van der Waals surface area contributed by atoms with Crippen LogP contribution in [0.25, 0.3) is 0 Å². The Kier molecular flexibility index (Phi) is 6.80. The average molecular weight is 207 g/mol. The van der Waals surface area contributed by atoms with Crippen LogP contribution < -0.4 is 0 Å². The van der Waals surface area contributed by atoms with Crippen molar-refractivity contribution in [1.82, 2.24) is 4.90 Å². The largest absolute Gasteiger partial charge is 0.395 e. The molecule has 0 radical (unpaired) electrons. The second-order valence-corrected chi connectivity index (χ2v) is 4.43. The normalized spacial score (nSPS) is 16.0. The van der Waals surface area contributed by atoms with Crippen LogP contribution in [-0.4, -0.2) is 52.3 Å². The summed E-state index contributed by atoms with van der Waals surface area (Å²) in [6.45, 7) is 1.43. The fourth-order valence-corrected chi connectivity index (χ4v) is 1.06. The molecular weight excluding hydrogens is 190 g/mol. The van der Waals surface area contributed by atoms with Gasteiger partial charge in [0.1, 0.15) is 0 Å². The first kappa shape index (κ1) is 12.6. The van der Waals surface area contributed by atoms with E-state index in [0.717, 1.165) is 13.0 Å². The smallest absolute Gasteiger partial charge is 0.222 e. The third-order valence-electron chi connectivity index (χ3n) is 1.54. The third kappa shape index (κ3) is 6.72. The van der Waals surface area contributed by atoms with Crippen molar-refractivity contribution in [3.63, 3.8) is 0 Å². The fraction of sp³-hybridized carbons (Fsp3) is 0.875. The molecule has 0 unspecified atom stereocenters. The van der Waals surface area contributed by atoms with Crippen molar-refractivity contribution >= 4 is 16.7 Å². The van der Waals surface area contributed by atoms with Crippen LogP contribution in [0.2, 0.25) is 0 Å². The van der Waals surface area contributed by atoms with E-state index in [1.165, 1.54) is 0 Å². The number of rotatable bonds is 2. The summed E-state index contributed by atoms with van der Waals surface area (Å²) in [5, 5.41) is 8.45. The molecule has 5 heteroatoms. The Morgan fingerprint density at radius 3 is 2.38 bits per heavy atom. The van der Waals surface area contributed by atoms with Crippen molar-refractivity contribution in [1.29, 1.82) is 0 Å². The van der Waals surface area contributed by atoms with Crippen LogP contribution in [0.4, 0.5) is 0 Å². The molecule has 1 saturated heterocycles. The fourth-order valence-electron chi connectivity index (χ4n) is 1.06. The zero-order valence-electron chi connectivity index (χ0n) is 8.15. The lowest BCUT2D eigenvalue weighted by Gasteiger charge is -2.11. The lowest BCUT2D eigenvalue weighted by atomic mass is 10.4. The second kappa shape index (κ2) is 7.03. The van der Waals surface area contributed by atoms with Gasteiger partial charge in [-0.15, -0.1) is 0 Å². The Morgan fingerprint density at radius 1 is 1.54 bits per heavy atom. The number of aliphatic hydroxyl groups excluding tert-OH is 1. The van der Waals surface area contributed by atoms with Crippen molar-refractivity contribution in [2.75, 3.05) is 32.2 Å². The maximum Gasteiger partial charge on any atom is 0.222 e. The summed E-state index contributed by atoms with van der Waals surface area (Å²) in [4.78, 5) is 12.5. The van der Waals surface area contributed by atoms with Crippen LogP contribution in [0.15, 0.2) is 0 Å². The molecule has 1 heterocycles. The van der Waals surface area contributed by atoms with E-state index in [2.05, 4.69) is 0 Å². The Balaban J connectivity index is 0.000000310. The van der Waals surface area contributed by atoms with E-state index in [1.807, 2.05) is 0 Å². The van der Waals surface area contributed by atoms with Gasteiger partial charge in [-0.1, -0.05) is 0 Å². The van der Waals surface area contributed by atoms with Gasteiger partial charge in [0.2, 0.25) is 5.91 Å². The molecule has 0 bridgehead atoms. The highest BCUT2D eigenvalue weighted by molar-refractivity contribution is 7.83. The summed E-state index contributed by atoms with van der Waals surface area (Å²) >= 11 is 0. The molecule has 1 aliphatic heterocycles. The standard InChI is InChI=1S/C6H11NO2.C2H6OS/c8-5-4-7-3-1-2-6(7)9;1-4(2)3/h8H,1-5H2;1-2H3. The minimum absolute atomic E-state index is 0.0890. The van der Waals surface area contributed by atoms with Gasteiger partial charge < -0.3 is 10.0 Å². The molecule has 1 amide bonds. The molecule has 1 fully saturated rings. The maximum atomic E-state index is 10.8. The zero-order valence-corrected chi connectivity index (χ0v) is 8.97. The van der Waals surface area contributed by atoms with E-state index in [-0.39, 0.29) is 12.5 Å². The van der Waals surface area contributed by atoms with Gasteiger partial charge in [-0.2, -0.15) is 0 Å². The van der Waals surface area contributed by atoms with E-state index >= 15 is 0 Å². The van der Waals surface area contributed by atoms with E-state index in [0.29, 0.717) is 13.0 Å². The number of hydrogen-bond acceptors (Lipinski definition) is 3. The molecule has 0 aromatic rings. The number of nitrogens with zero attached hydrogens (tertiary/aromatic N) is 1. The van der Waals surface area contributed by atoms with E-state index in [1.54, 1.807) is 17.4 Å². The van der Waals surface area contributed by atoms with Crippen LogP contribution in [0, 0.1) is 0 Å². The number of aliphatic hydroxyl groups is 1. The highest BCUT2D eigenvalue weighted by Gasteiger charge is 2.18. The summed E-state index contributed by atoms with van der Waals surface area (Å²) in [6.07, 6.45) is 4.90. The highest BCUT2D eigenvalue weighted by atomic mass is 32.2. The quantitative estimate of drug-likeness (QED) is 0.670. The number of amides is 1. The van der Waals surface area contributed by atoms with Gasteiger partial charge in [0.05, 0.1) is 6.61 Å². The van der Waals surface area contributed by atoms with Gasteiger partial charge in [-0.05, 0) is 6.42 Å². The molecular formula is C8H17NO3S. The summed E-state index contributed by atoms with van der Waals surface area (Å²) in [6, 6.07) is 0. The van der Waals surface area contributed by atoms with Crippen molar-refractivity contribution in [3.8, 4) is 0 Å². The summed E-state index contributed by atoms with van der Waals surface area (Å²) in [5.41, 5.74) is 0. The minimum Gasteiger partial charge on any atom is -0.395 e. The van der Waals surface area contributed by atoms with Crippen LogP contribution >= 0.6 is 0 Å². The molecule has 1 N–H and O–H groups in total. The molecule has 4 nitrogen and oxygen atoms in total. The lowest BCUT2D eigenvalue weighted by Crippen LogP contribution is -2.27. The Bertz CT molecular complexity index is 180. The Hall–Kier alpha value is -0.420. The molecule has 13 heavy (non-hydrogen) atoms. The molecule has 0 aromatic heterocycles. The summed E-state index contributed by atoms with van der Waals surface area (Å²) in [7, 11) is -0.611.